The molecule has 0 aliphatic rings. The molecule has 0 saturated carbocycles. The molecule has 1 aromatic carbocycles. The second-order valence-corrected chi connectivity index (χ2v) is 3.16. The second-order valence-electron chi connectivity index (χ2n) is 3.16. The molecule has 0 aliphatic heterocycles. The molecule has 0 spiro atoms. The molecule has 0 bridgehead atoms. The summed E-state index contributed by atoms with van der Waals surface area (Å²) in [5.41, 5.74) is 1.77. The normalized spacial score (nSPS) is 11.2. The topological polar surface area (TPSA) is 26.3 Å². The Morgan fingerprint density at radius 3 is 2.21 bits per heavy atom. The third-order valence-corrected chi connectivity index (χ3v) is 2.05. The number of hydrogen-bond acceptors (Lipinski definition) is 2. The zero-order valence-corrected chi connectivity index (χ0v) is 8.70. The summed E-state index contributed by atoms with van der Waals surface area (Å²) in [6.07, 6.45) is 1.86. The number of methoxy groups -OCH3 is 1. The minimum Gasteiger partial charge on any atom is -0.497 e. The van der Waals surface area contributed by atoms with E-state index >= 15 is 0 Å². The Morgan fingerprint density at radius 2 is 1.79 bits per heavy atom. The summed E-state index contributed by atoms with van der Waals surface area (Å²) in [5, 5.41) is 0. The van der Waals surface area contributed by atoms with Crippen LogP contribution < -0.4 is 4.74 Å². The molecule has 74 valence electrons. The maximum atomic E-state index is 11.0. The van der Waals surface area contributed by atoms with Crippen molar-refractivity contribution in [3.63, 3.8) is 0 Å². The van der Waals surface area contributed by atoms with E-state index in [4.69, 9.17) is 4.74 Å². The van der Waals surface area contributed by atoms with Gasteiger partial charge in [0.1, 0.15) is 5.75 Å². The lowest BCUT2D eigenvalue weighted by molar-refractivity contribution is -0.113. The molecule has 0 heterocycles. The van der Waals surface area contributed by atoms with Crippen LogP contribution in [-0.4, -0.2) is 12.9 Å². The van der Waals surface area contributed by atoms with Crippen LogP contribution in [0.3, 0.4) is 0 Å². The highest BCUT2D eigenvalue weighted by Gasteiger charge is 1.96. The Bertz CT molecular complexity index is 347. The predicted octanol–water partition coefficient (Wildman–Crippen LogP) is 2.69. The van der Waals surface area contributed by atoms with Gasteiger partial charge in [-0.1, -0.05) is 12.1 Å². The van der Waals surface area contributed by atoms with Crippen molar-refractivity contribution < 1.29 is 9.53 Å². The first-order valence-electron chi connectivity index (χ1n) is 4.47. The van der Waals surface area contributed by atoms with Crippen molar-refractivity contribution in [2.75, 3.05) is 7.11 Å². The monoisotopic (exact) mass is 190 g/mol. The number of rotatable bonds is 3. The molecule has 0 radical (unpaired) electrons. The van der Waals surface area contributed by atoms with Crippen LogP contribution in [0.4, 0.5) is 0 Å². The number of carbonyl (C=O) groups is 1. The van der Waals surface area contributed by atoms with Gasteiger partial charge in [-0.05, 0) is 43.2 Å². The van der Waals surface area contributed by atoms with Gasteiger partial charge in [0, 0.05) is 0 Å². The fourth-order valence-corrected chi connectivity index (χ4v) is 1.05. The molecule has 0 atom stereocenters. The summed E-state index contributed by atoms with van der Waals surface area (Å²) in [6.45, 7) is 3.38. The minimum atomic E-state index is 0.0980. The third kappa shape index (κ3) is 2.73. The molecule has 0 unspecified atom stereocenters. The van der Waals surface area contributed by atoms with Gasteiger partial charge in [-0.3, -0.25) is 4.79 Å². The number of hydrogen-bond donors (Lipinski definition) is 0. The first-order valence-corrected chi connectivity index (χ1v) is 4.47. The highest BCUT2D eigenvalue weighted by molar-refractivity contribution is 5.97. The lowest BCUT2D eigenvalue weighted by Gasteiger charge is -2.00. The number of ketones is 1. The van der Waals surface area contributed by atoms with Crippen LogP contribution in [0.1, 0.15) is 19.4 Å². The number of carbonyl (C=O) groups excluding carboxylic acids is 1. The molecule has 0 fully saturated rings. The van der Waals surface area contributed by atoms with Crippen molar-refractivity contribution in [3.05, 3.63) is 35.4 Å². The Labute approximate surface area is 84.2 Å². The average molecular weight is 190 g/mol. The number of benzene rings is 1. The molecule has 2 nitrogen and oxygen atoms in total. The van der Waals surface area contributed by atoms with E-state index in [0.717, 1.165) is 16.9 Å². The summed E-state index contributed by atoms with van der Waals surface area (Å²) < 4.78 is 5.03. The molecule has 2 heteroatoms. The summed E-state index contributed by atoms with van der Waals surface area (Å²) in [4.78, 5) is 11.0. The summed E-state index contributed by atoms with van der Waals surface area (Å²) >= 11 is 0. The molecular weight excluding hydrogens is 176 g/mol. The molecule has 1 rings (SSSR count). The van der Waals surface area contributed by atoms with Crippen molar-refractivity contribution in [1.82, 2.24) is 0 Å². The Kier molecular flexibility index (Phi) is 3.46. The fourth-order valence-electron chi connectivity index (χ4n) is 1.05. The van der Waals surface area contributed by atoms with Crippen LogP contribution in [0.5, 0.6) is 5.75 Å². The van der Waals surface area contributed by atoms with Crippen LogP contribution in [0, 0.1) is 0 Å². The molecule has 1 aromatic rings. The largest absolute Gasteiger partial charge is 0.497 e. The summed E-state index contributed by atoms with van der Waals surface area (Å²) in [6, 6.07) is 7.59. The van der Waals surface area contributed by atoms with Crippen LogP contribution in [0.2, 0.25) is 0 Å². The zero-order valence-electron chi connectivity index (χ0n) is 8.70. The standard InChI is InChI=1S/C12H14O2/c1-9(10(2)13)8-11-4-6-12(14-3)7-5-11/h4-8H,1-3H3/b9-8+. The van der Waals surface area contributed by atoms with Crippen molar-refractivity contribution in [2.45, 2.75) is 13.8 Å². The van der Waals surface area contributed by atoms with Gasteiger partial charge in [0.25, 0.3) is 0 Å². The van der Waals surface area contributed by atoms with E-state index in [1.54, 1.807) is 14.0 Å². The Balaban J connectivity index is 2.88. The van der Waals surface area contributed by atoms with E-state index in [2.05, 4.69) is 0 Å². The third-order valence-electron chi connectivity index (χ3n) is 2.05. The van der Waals surface area contributed by atoms with Gasteiger partial charge in [-0.25, -0.2) is 0 Å². The Morgan fingerprint density at radius 1 is 1.21 bits per heavy atom. The van der Waals surface area contributed by atoms with E-state index in [9.17, 15) is 4.79 Å². The van der Waals surface area contributed by atoms with Gasteiger partial charge < -0.3 is 4.74 Å². The van der Waals surface area contributed by atoms with E-state index in [-0.39, 0.29) is 5.78 Å². The van der Waals surface area contributed by atoms with E-state index in [1.807, 2.05) is 37.3 Å². The molecule has 0 saturated heterocycles. The molecule has 0 aliphatic carbocycles. The zero-order chi connectivity index (χ0) is 10.6. The van der Waals surface area contributed by atoms with Gasteiger partial charge in [0.2, 0.25) is 0 Å². The molecule has 14 heavy (non-hydrogen) atoms. The van der Waals surface area contributed by atoms with Crippen molar-refractivity contribution in [3.8, 4) is 5.75 Å². The van der Waals surface area contributed by atoms with Crippen molar-refractivity contribution in [1.29, 1.82) is 0 Å². The molecule has 0 N–H and O–H groups in total. The Hall–Kier alpha value is -1.57. The van der Waals surface area contributed by atoms with E-state index < -0.39 is 0 Å². The summed E-state index contributed by atoms with van der Waals surface area (Å²) in [7, 11) is 1.63. The van der Waals surface area contributed by atoms with Crippen LogP contribution >= 0.6 is 0 Å². The van der Waals surface area contributed by atoms with Gasteiger partial charge in [-0.2, -0.15) is 0 Å². The fraction of sp³-hybridized carbons (Fsp3) is 0.250. The van der Waals surface area contributed by atoms with Crippen molar-refractivity contribution in [2.24, 2.45) is 0 Å². The molecule has 0 amide bonds. The van der Waals surface area contributed by atoms with Gasteiger partial charge >= 0.3 is 0 Å². The first-order chi connectivity index (χ1) is 6.63. The predicted molar refractivity (Wildman–Crippen MR) is 57.3 cm³/mol. The maximum absolute atomic E-state index is 11.0. The second kappa shape index (κ2) is 4.61. The van der Waals surface area contributed by atoms with E-state index in [0.29, 0.717) is 0 Å². The molecule has 0 aromatic heterocycles. The van der Waals surface area contributed by atoms with E-state index in [1.165, 1.54) is 0 Å². The molecular formula is C12H14O2. The van der Waals surface area contributed by atoms with Gasteiger partial charge in [-0.15, -0.1) is 0 Å². The SMILES string of the molecule is COc1ccc(/C=C(\C)C(C)=O)cc1. The lowest BCUT2D eigenvalue weighted by atomic mass is 10.1. The number of Topliss-reactive ketones (excluding diaryl/α,β-unsaturated/α-hetero) is 1. The minimum absolute atomic E-state index is 0.0980. The van der Waals surface area contributed by atoms with Gasteiger partial charge in [0.05, 0.1) is 7.11 Å². The first kappa shape index (κ1) is 10.5. The van der Waals surface area contributed by atoms with Crippen LogP contribution in [0.25, 0.3) is 6.08 Å². The maximum Gasteiger partial charge on any atom is 0.155 e. The lowest BCUT2D eigenvalue weighted by Crippen LogP contribution is -1.90. The smallest absolute Gasteiger partial charge is 0.155 e. The van der Waals surface area contributed by atoms with Crippen LogP contribution in [-0.2, 0) is 4.79 Å². The van der Waals surface area contributed by atoms with Crippen molar-refractivity contribution >= 4 is 11.9 Å². The quantitative estimate of drug-likeness (QED) is 0.685. The highest BCUT2D eigenvalue weighted by Crippen LogP contribution is 2.13. The number of allylic oxidation sites excluding steroid dienone is 1. The number of ether oxygens (including phenoxy) is 1. The average Bonchev–Trinajstić information content (AvgIpc) is 2.19. The summed E-state index contributed by atoms with van der Waals surface area (Å²) in [5.74, 6) is 0.920. The van der Waals surface area contributed by atoms with Crippen LogP contribution in [0.15, 0.2) is 29.8 Å². The highest BCUT2D eigenvalue weighted by atomic mass is 16.5. The van der Waals surface area contributed by atoms with Gasteiger partial charge in [0.15, 0.2) is 5.78 Å².